The largest absolute Gasteiger partial charge is 0.458 e. The number of esters is 1. The lowest BCUT2D eigenvalue weighted by Gasteiger charge is -2.50. The van der Waals surface area contributed by atoms with Gasteiger partial charge in [0.15, 0.2) is 0 Å². The molecule has 124 valence electrons. The SMILES string of the molecule is CCC(=O)OC(C(C)(C)C)C(O)(c1ccccc1)C(C)(C)C. The summed E-state index contributed by atoms with van der Waals surface area (Å²) in [5.41, 5.74) is -1.41. The Morgan fingerprint density at radius 1 is 1.09 bits per heavy atom. The van der Waals surface area contributed by atoms with Gasteiger partial charge in [-0.2, -0.15) is 0 Å². The van der Waals surface area contributed by atoms with Crippen LogP contribution in [0.3, 0.4) is 0 Å². The average Bonchev–Trinajstić information content (AvgIpc) is 2.42. The van der Waals surface area contributed by atoms with Crippen molar-refractivity contribution in [3.63, 3.8) is 0 Å². The Morgan fingerprint density at radius 3 is 1.95 bits per heavy atom. The summed E-state index contributed by atoms with van der Waals surface area (Å²) in [6, 6.07) is 9.49. The molecule has 3 heteroatoms. The van der Waals surface area contributed by atoms with Crippen molar-refractivity contribution in [3.8, 4) is 0 Å². The highest BCUT2D eigenvalue weighted by Crippen LogP contribution is 2.48. The van der Waals surface area contributed by atoms with E-state index in [1.54, 1.807) is 6.92 Å². The first-order valence-electron chi connectivity index (χ1n) is 7.92. The van der Waals surface area contributed by atoms with Gasteiger partial charge < -0.3 is 9.84 Å². The second-order valence-corrected chi connectivity index (χ2v) is 7.97. The lowest BCUT2D eigenvalue weighted by atomic mass is 9.63. The van der Waals surface area contributed by atoms with Crippen molar-refractivity contribution in [2.45, 2.75) is 66.6 Å². The Kier molecular flexibility index (Phi) is 5.45. The first-order valence-corrected chi connectivity index (χ1v) is 7.92. The number of benzene rings is 1. The molecule has 1 rings (SSSR count). The molecule has 0 spiro atoms. The fraction of sp³-hybridized carbons (Fsp3) is 0.632. The van der Waals surface area contributed by atoms with Gasteiger partial charge >= 0.3 is 5.97 Å². The lowest BCUT2D eigenvalue weighted by molar-refractivity contribution is -0.209. The number of aliphatic hydroxyl groups is 1. The predicted octanol–water partition coefficient (Wildman–Crippen LogP) is 4.29. The van der Waals surface area contributed by atoms with Gasteiger partial charge in [0.05, 0.1) is 0 Å². The molecule has 1 N–H and O–H groups in total. The van der Waals surface area contributed by atoms with Crippen LogP contribution in [0.4, 0.5) is 0 Å². The van der Waals surface area contributed by atoms with E-state index < -0.39 is 22.5 Å². The van der Waals surface area contributed by atoms with E-state index in [4.69, 9.17) is 4.74 Å². The predicted molar refractivity (Wildman–Crippen MR) is 89.4 cm³/mol. The fourth-order valence-electron chi connectivity index (χ4n) is 2.77. The molecule has 0 saturated heterocycles. The van der Waals surface area contributed by atoms with Crippen LogP contribution in [0, 0.1) is 10.8 Å². The Bertz CT molecular complexity index is 494. The van der Waals surface area contributed by atoms with Gasteiger partial charge in [-0.3, -0.25) is 4.79 Å². The van der Waals surface area contributed by atoms with Crippen molar-refractivity contribution in [2.75, 3.05) is 0 Å². The summed E-state index contributed by atoms with van der Waals surface area (Å²) >= 11 is 0. The van der Waals surface area contributed by atoms with Crippen molar-refractivity contribution in [1.82, 2.24) is 0 Å². The molecule has 0 aliphatic rings. The van der Waals surface area contributed by atoms with Crippen LogP contribution in [0.2, 0.25) is 0 Å². The lowest BCUT2D eigenvalue weighted by Crippen LogP contribution is -2.56. The van der Waals surface area contributed by atoms with Crippen LogP contribution in [0.1, 0.15) is 60.5 Å². The highest BCUT2D eigenvalue weighted by Gasteiger charge is 2.54. The third kappa shape index (κ3) is 3.70. The van der Waals surface area contributed by atoms with Crippen LogP contribution in [0.15, 0.2) is 30.3 Å². The van der Waals surface area contributed by atoms with E-state index >= 15 is 0 Å². The van der Waals surface area contributed by atoms with Gasteiger partial charge in [-0.1, -0.05) is 78.8 Å². The van der Waals surface area contributed by atoms with Gasteiger partial charge in [0.2, 0.25) is 0 Å². The number of carbonyl (C=O) groups is 1. The second kappa shape index (κ2) is 6.41. The zero-order valence-corrected chi connectivity index (χ0v) is 14.9. The van der Waals surface area contributed by atoms with Crippen LogP contribution >= 0.6 is 0 Å². The average molecular weight is 306 g/mol. The summed E-state index contributed by atoms with van der Waals surface area (Å²) in [4.78, 5) is 11.9. The highest BCUT2D eigenvalue weighted by molar-refractivity contribution is 5.69. The smallest absolute Gasteiger partial charge is 0.305 e. The molecule has 0 saturated carbocycles. The first-order chi connectivity index (χ1) is 9.94. The zero-order valence-electron chi connectivity index (χ0n) is 14.9. The molecule has 0 amide bonds. The van der Waals surface area contributed by atoms with E-state index in [0.29, 0.717) is 6.42 Å². The van der Waals surface area contributed by atoms with E-state index in [-0.39, 0.29) is 5.97 Å². The molecular weight excluding hydrogens is 276 g/mol. The Balaban J connectivity index is 3.49. The van der Waals surface area contributed by atoms with E-state index in [2.05, 4.69) is 0 Å². The summed E-state index contributed by atoms with van der Waals surface area (Å²) in [6.45, 7) is 13.6. The molecule has 0 aliphatic heterocycles. The van der Waals surface area contributed by atoms with Gasteiger partial charge in [0, 0.05) is 11.8 Å². The molecule has 2 atom stereocenters. The maximum Gasteiger partial charge on any atom is 0.305 e. The van der Waals surface area contributed by atoms with Crippen LogP contribution < -0.4 is 0 Å². The highest BCUT2D eigenvalue weighted by atomic mass is 16.6. The van der Waals surface area contributed by atoms with E-state index in [0.717, 1.165) is 5.56 Å². The Labute approximate surface area is 134 Å². The molecule has 22 heavy (non-hydrogen) atoms. The summed E-state index contributed by atoms with van der Waals surface area (Å²) in [5.74, 6) is -0.293. The van der Waals surface area contributed by atoms with Crippen LogP contribution in [-0.4, -0.2) is 17.2 Å². The summed E-state index contributed by atoms with van der Waals surface area (Å²) in [5, 5.41) is 11.7. The fourth-order valence-corrected chi connectivity index (χ4v) is 2.77. The normalized spacial score (nSPS) is 16.7. The topological polar surface area (TPSA) is 46.5 Å². The Morgan fingerprint density at radius 2 is 1.59 bits per heavy atom. The minimum atomic E-state index is -1.28. The number of hydrogen-bond acceptors (Lipinski definition) is 3. The maximum absolute atomic E-state index is 11.9. The minimum Gasteiger partial charge on any atom is -0.458 e. The first kappa shape index (κ1) is 18.7. The van der Waals surface area contributed by atoms with Gasteiger partial charge in [-0.25, -0.2) is 0 Å². The van der Waals surface area contributed by atoms with Gasteiger partial charge in [-0.05, 0) is 11.0 Å². The van der Waals surface area contributed by atoms with Crippen molar-refractivity contribution in [1.29, 1.82) is 0 Å². The molecule has 1 aromatic rings. The minimum absolute atomic E-state index is 0.293. The second-order valence-electron chi connectivity index (χ2n) is 7.97. The maximum atomic E-state index is 11.9. The zero-order chi connectivity index (χ0) is 17.2. The molecule has 2 unspecified atom stereocenters. The molecule has 0 fully saturated rings. The third-order valence-corrected chi connectivity index (χ3v) is 4.06. The van der Waals surface area contributed by atoms with E-state index in [9.17, 15) is 9.90 Å². The number of carbonyl (C=O) groups excluding carboxylic acids is 1. The van der Waals surface area contributed by atoms with Crippen molar-refractivity contribution < 1.29 is 14.6 Å². The van der Waals surface area contributed by atoms with Crippen LogP contribution in [0.25, 0.3) is 0 Å². The van der Waals surface area contributed by atoms with Crippen molar-refractivity contribution in [3.05, 3.63) is 35.9 Å². The summed E-state index contributed by atoms with van der Waals surface area (Å²) < 4.78 is 5.72. The molecular formula is C19H30O3. The Hall–Kier alpha value is -1.35. The van der Waals surface area contributed by atoms with E-state index in [1.165, 1.54) is 0 Å². The molecule has 0 aromatic heterocycles. The van der Waals surface area contributed by atoms with Gasteiger partial charge in [0.1, 0.15) is 11.7 Å². The molecule has 1 aromatic carbocycles. The van der Waals surface area contributed by atoms with Gasteiger partial charge in [-0.15, -0.1) is 0 Å². The third-order valence-electron chi connectivity index (χ3n) is 4.06. The molecule has 3 nitrogen and oxygen atoms in total. The number of ether oxygens (including phenoxy) is 1. The molecule has 0 heterocycles. The molecule has 0 aliphatic carbocycles. The number of hydrogen-bond donors (Lipinski definition) is 1. The van der Waals surface area contributed by atoms with Crippen LogP contribution in [0.5, 0.6) is 0 Å². The summed E-state index contributed by atoms with van der Waals surface area (Å²) in [7, 11) is 0. The van der Waals surface area contributed by atoms with Gasteiger partial charge in [0.25, 0.3) is 0 Å². The molecule has 0 bridgehead atoms. The van der Waals surface area contributed by atoms with Crippen molar-refractivity contribution in [2.24, 2.45) is 10.8 Å². The van der Waals surface area contributed by atoms with E-state index in [1.807, 2.05) is 71.9 Å². The summed E-state index contributed by atoms with van der Waals surface area (Å²) in [6.07, 6.45) is -0.350. The van der Waals surface area contributed by atoms with Crippen molar-refractivity contribution >= 4 is 5.97 Å². The molecule has 0 radical (unpaired) electrons. The standard InChI is InChI=1S/C19H30O3/c1-8-15(20)22-16(17(2,3)4)19(21,18(5,6)7)14-12-10-9-11-13-14/h9-13,16,21H,8H2,1-7H3. The quantitative estimate of drug-likeness (QED) is 0.844. The monoisotopic (exact) mass is 306 g/mol. The number of rotatable bonds is 4. The van der Waals surface area contributed by atoms with Crippen LogP contribution in [-0.2, 0) is 15.1 Å².